The summed E-state index contributed by atoms with van der Waals surface area (Å²) in [5, 5.41) is 6.44. The van der Waals surface area contributed by atoms with E-state index in [0.717, 1.165) is 10.6 Å². The molecule has 0 saturated heterocycles. The molecular formula is C21H19N3O4S2. The van der Waals surface area contributed by atoms with E-state index in [4.69, 9.17) is 9.47 Å². The van der Waals surface area contributed by atoms with Crippen molar-refractivity contribution in [1.29, 1.82) is 0 Å². The van der Waals surface area contributed by atoms with Gasteiger partial charge in [-0.05, 0) is 35.7 Å². The van der Waals surface area contributed by atoms with Crippen molar-refractivity contribution < 1.29 is 17.9 Å². The molecule has 7 nitrogen and oxygen atoms in total. The normalized spacial score (nSPS) is 11.3. The van der Waals surface area contributed by atoms with Gasteiger partial charge in [-0.25, -0.2) is 13.1 Å². The standard InChI is InChI=1S/C21H19N3O4S2/c1-27-16-10-11-17(18(13-16)28-2)23-30(25,26)20-14-24(15-7-4-3-5-8-15)22-21(20)19-9-6-12-29-19/h3-14,23H,1-2H3. The van der Waals surface area contributed by atoms with Crippen molar-refractivity contribution in [2.75, 3.05) is 18.9 Å². The third kappa shape index (κ3) is 3.89. The molecule has 9 heteroatoms. The summed E-state index contributed by atoms with van der Waals surface area (Å²) in [7, 11) is -0.956. The predicted octanol–water partition coefficient (Wildman–Crippen LogP) is 4.42. The molecule has 2 aromatic heterocycles. The number of rotatable bonds is 7. The second-order valence-electron chi connectivity index (χ2n) is 6.27. The van der Waals surface area contributed by atoms with Crippen molar-refractivity contribution in [3.63, 3.8) is 0 Å². The van der Waals surface area contributed by atoms with Crippen LogP contribution in [-0.2, 0) is 10.0 Å². The van der Waals surface area contributed by atoms with Crippen molar-refractivity contribution in [1.82, 2.24) is 9.78 Å². The van der Waals surface area contributed by atoms with Gasteiger partial charge in [-0.15, -0.1) is 11.3 Å². The fraction of sp³-hybridized carbons (Fsp3) is 0.0952. The Bertz CT molecular complexity index is 1250. The molecule has 0 amide bonds. The van der Waals surface area contributed by atoms with Crippen LogP contribution in [0.1, 0.15) is 0 Å². The minimum absolute atomic E-state index is 0.0756. The van der Waals surface area contributed by atoms with Crippen LogP contribution in [0.25, 0.3) is 16.3 Å². The third-order valence-corrected chi connectivity index (χ3v) is 6.64. The van der Waals surface area contributed by atoms with Gasteiger partial charge in [0, 0.05) is 6.07 Å². The van der Waals surface area contributed by atoms with Crippen LogP contribution in [0, 0.1) is 0 Å². The SMILES string of the molecule is COc1ccc(NS(=O)(=O)c2cn(-c3ccccc3)nc2-c2cccs2)c(OC)c1. The second-order valence-corrected chi connectivity index (χ2v) is 8.87. The molecule has 154 valence electrons. The van der Waals surface area contributed by atoms with E-state index < -0.39 is 10.0 Å². The number of sulfonamides is 1. The van der Waals surface area contributed by atoms with Crippen LogP contribution in [0.4, 0.5) is 5.69 Å². The molecule has 2 heterocycles. The van der Waals surface area contributed by atoms with E-state index in [9.17, 15) is 8.42 Å². The number of benzene rings is 2. The Hall–Kier alpha value is -3.30. The van der Waals surface area contributed by atoms with E-state index >= 15 is 0 Å². The number of nitrogens with one attached hydrogen (secondary N) is 1. The molecule has 1 N–H and O–H groups in total. The number of hydrogen-bond acceptors (Lipinski definition) is 6. The Kier molecular flexibility index (Phi) is 5.47. The average Bonchev–Trinajstić information content (AvgIpc) is 3.44. The highest BCUT2D eigenvalue weighted by atomic mass is 32.2. The Morgan fingerprint density at radius 1 is 1.00 bits per heavy atom. The summed E-state index contributed by atoms with van der Waals surface area (Å²) < 4.78 is 41.4. The summed E-state index contributed by atoms with van der Waals surface area (Å²) in [5.74, 6) is 0.914. The molecule has 2 aromatic carbocycles. The highest BCUT2D eigenvalue weighted by Crippen LogP contribution is 2.34. The first kappa shape index (κ1) is 20.0. The first-order valence-electron chi connectivity index (χ1n) is 8.95. The molecule has 0 aliphatic heterocycles. The van der Waals surface area contributed by atoms with Crippen LogP contribution in [0.15, 0.2) is 77.1 Å². The molecule has 0 aliphatic carbocycles. The van der Waals surface area contributed by atoms with Gasteiger partial charge in [0.05, 0.1) is 36.7 Å². The molecule has 0 saturated carbocycles. The van der Waals surface area contributed by atoms with E-state index in [2.05, 4.69) is 9.82 Å². The lowest BCUT2D eigenvalue weighted by atomic mass is 10.3. The largest absolute Gasteiger partial charge is 0.497 e. The van der Waals surface area contributed by atoms with Gasteiger partial charge in [0.15, 0.2) is 0 Å². The average molecular weight is 442 g/mol. The molecule has 0 atom stereocenters. The number of aromatic nitrogens is 2. The highest BCUT2D eigenvalue weighted by Gasteiger charge is 2.26. The van der Waals surface area contributed by atoms with E-state index in [0.29, 0.717) is 22.9 Å². The Morgan fingerprint density at radius 3 is 2.47 bits per heavy atom. The van der Waals surface area contributed by atoms with E-state index in [-0.39, 0.29) is 4.90 Å². The van der Waals surface area contributed by atoms with E-state index in [1.165, 1.54) is 31.8 Å². The minimum Gasteiger partial charge on any atom is -0.497 e. The summed E-state index contributed by atoms with van der Waals surface area (Å²) in [6.07, 6.45) is 1.52. The predicted molar refractivity (Wildman–Crippen MR) is 117 cm³/mol. The maximum atomic E-state index is 13.3. The second kappa shape index (κ2) is 8.21. The number of ether oxygens (including phenoxy) is 2. The monoisotopic (exact) mass is 441 g/mol. The van der Waals surface area contributed by atoms with Crippen LogP contribution >= 0.6 is 11.3 Å². The van der Waals surface area contributed by atoms with Crippen LogP contribution in [0.2, 0.25) is 0 Å². The number of hydrogen-bond donors (Lipinski definition) is 1. The Balaban J connectivity index is 1.80. The topological polar surface area (TPSA) is 82.5 Å². The lowest BCUT2D eigenvalue weighted by Crippen LogP contribution is -2.14. The zero-order valence-electron chi connectivity index (χ0n) is 16.3. The summed E-state index contributed by atoms with van der Waals surface area (Å²) >= 11 is 1.42. The van der Waals surface area contributed by atoms with Gasteiger partial charge in [0.1, 0.15) is 22.1 Å². The molecule has 0 unspecified atom stereocenters. The zero-order chi connectivity index (χ0) is 21.1. The Morgan fingerprint density at radius 2 is 1.80 bits per heavy atom. The molecule has 0 fully saturated rings. The summed E-state index contributed by atoms with van der Waals surface area (Å²) in [6, 6.07) is 17.9. The van der Waals surface area contributed by atoms with E-state index in [1.807, 2.05) is 47.8 Å². The lowest BCUT2D eigenvalue weighted by molar-refractivity contribution is 0.395. The fourth-order valence-corrected chi connectivity index (χ4v) is 4.93. The molecule has 0 bridgehead atoms. The number of para-hydroxylation sites is 1. The highest BCUT2D eigenvalue weighted by molar-refractivity contribution is 7.92. The van der Waals surface area contributed by atoms with Gasteiger partial charge in [-0.1, -0.05) is 24.3 Å². The number of nitrogens with zero attached hydrogens (tertiary/aromatic N) is 2. The van der Waals surface area contributed by atoms with Gasteiger partial charge >= 0.3 is 0 Å². The van der Waals surface area contributed by atoms with Crippen molar-refractivity contribution in [3.05, 3.63) is 72.2 Å². The molecular weight excluding hydrogens is 422 g/mol. The van der Waals surface area contributed by atoms with Crippen LogP contribution in [0.5, 0.6) is 11.5 Å². The maximum absolute atomic E-state index is 13.3. The molecule has 4 rings (SSSR count). The van der Waals surface area contributed by atoms with E-state index in [1.54, 1.807) is 22.9 Å². The molecule has 30 heavy (non-hydrogen) atoms. The first-order chi connectivity index (χ1) is 14.5. The number of anilines is 1. The molecule has 4 aromatic rings. The lowest BCUT2D eigenvalue weighted by Gasteiger charge is -2.12. The van der Waals surface area contributed by atoms with Crippen LogP contribution in [0.3, 0.4) is 0 Å². The van der Waals surface area contributed by atoms with Crippen molar-refractivity contribution in [3.8, 4) is 27.8 Å². The maximum Gasteiger partial charge on any atom is 0.265 e. The summed E-state index contributed by atoms with van der Waals surface area (Å²) in [4.78, 5) is 0.832. The van der Waals surface area contributed by atoms with Crippen molar-refractivity contribution >= 4 is 27.0 Å². The Labute approximate surface area is 178 Å². The molecule has 0 aliphatic rings. The third-order valence-electron chi connectivity index (χ3n) is 4.40. The van der Waals surface area contributed by atoms with Gasteiger partial charge < -0.3 is 9.47 Å². The van der Waals surface area contributed by atoms with Gasteiger partial charge in [0.2, 0.25) is 0 Å². The minimum atomic E-state index is -3.96. The van der Waals surface area contributed by atoms with Crippen molar-refractivity contribution in [2.24, 2.45) is 0 Å². The number of methoxy groups -OCH3 is 2. The summed E-state index contributed by atoms with van der Waals surface area (Å²) in [5.41, 5.74) is 1.45. The van der Waals surface area contributed by atoms with Crippen LogP contribution < -0.4 is 14.2 Å². The summed E-state index contributed by atoms with van der Waals surface area (Å²) in [6.45, 7) is 0. The molecule has 0 radical (unpaired) electrons. The van der Waals surface area contributed by atoms with Crippen molar-refractivity contribution in [2.45, 2.75) is 4.90 Å². The van der Waals surface area contributed by atoms with Gasteiger partial charge in [-0.3, -0.25) is 4.72 Å². The smallest absolute Gasteiger partial charge is 0.265 e. The van der Waals surface area contributed by atoms with Gasteiger partial charge in [0.25, 0.3) is 10.0 Å². The van der Waals surface area contributed by atoms with Gasteiger partial charge in [-0.2, -0.15) is 5.10 Å². The molecule has 0 spiro atoms. The zero-order valence-corrected chi connectivity index (χ0v) is 17.9. The fourth-order valence-electron chi connectivity index (χ4n) is 2.93. The quantitative estimate of drug-likeness (QED) is 0.459. The van der Waals surface area contributed by atoms with Crippen LogP contribution in [-0.4, -0.2) is 32.4 Å². The first-order valence-corrected chi connectivity index (χ1v) is 11.3. The number of thiophene rings is 1.